The number of aliphatic hydroxyl groups is 1. The molecule has 0 aliphatic heterocycles. The lowest BCUT2D eigenvalue weighted by molar-refractivity contribution is 0.182. The van der Waals surface area contributed by atoms with Gasteiger partial charge < -0.3 is 5.11 Å². The average Bonchev–Trinajstić information content (AvgIpc) is 2.65. The first kappa shape index (κ1) is 13.5. The molecule has 4 heteroatoms. The molecular weight excluding hydrogens is 271 g/mol. The van der Waals surface area contributed by atoms with E-state index in [4.69, 9.17) is 11.6 Å². The molecule has 0 bridgehead atoms. The van der Waals surface area contributed by atoms with E-state index in [1.54, 1.807) is 6.07 Å². The molecule has 1 unspecified atom stereocenters. The third-order valence-electron chi connectivity index (χ3n) is 2.95. The quantitative estimate of drug-likeness (QED) is 0.884. The first-order valence-corrected chi connectivity index (χ1v) is 6.91. The van der Waals surface area contributed by atoms with Gasteiger partial charge in [0.05, 0.1) is 16.0 Å². The number of thiophene rings is 1. The Bertz CT molecular complexity index is 565. The second-order valence-corrected chi connectivity index (χ2v) is 5.68. The third-order valence-corrected chi connectivity index (χ3v) is 4.77. The molecule has 1 atom stereocenters. The van der Waals surface area contributed by atoms with E-state index in [1.165, 1.54) is 23.5 Å². The minimum atomic E-state index is -0.684. The maximum Gasteiger partial charge on any atom is 0.123 e. The highest BCUT2D eigenvalue weighted by Crippen LogP contribution is 2.34. The van der Waals surface area contributed by atoms with E-state index in [2.05, 4.69) is 0 Å². The van der Waals surface area contributed by atoms with Gasteiger partial charge in [-0.2, -0.15) is 0 Å². The predicted octanol–water partition coefficient (Wildman–Crippen LogP) is 4.43. The molecular formula is C14H14ClFOS. The van der Waals surface area contributed by atoms with E-state index in [0.29, 0.717) is 11.4 Å². The fourth-order valence-corrected chi connectivity index (χ4v) is 3.14. The summed E-state index contributed by atoms with van der Waals surface area (Å²) in [6.45, 7) is 3.81. The van der Waals surface area contributed by atoms with Crippen molar-refractivity contribution < 1.29 is 9.50 Å². The molecule has 0 spiro atoms. The molecule has 18 heavy (non-hydrogen) atoms. The zero-order valence-electron chi connectivity index (χ0n) is 10.2. The van der Waals surface area contributed by atoms with Crippen LogP contribution in [0.4, 0.5) is 4.39 Å². The van der Waals surface area contributed by atoms with Crippen LogP contribution >= 0.6 is 22.9 Å². The molecule has 96 valence electrons. The second-order valence-electron chi connectivity index (χ2n) is 4.39. The van der Waals surface area contributed by atoms with E-state index in [0.717, 1.165) is 21.6 Å². The van der Waals surface area contributed by atoms with Gasteiger partial charge >= 0.3 is 0 Å². The standard InChI is InChI=1S/C14H14ClFOS/c1-8-3-4-11(16)5-10(8)6-12(17)14-13(15)9(2)7-18-14/h3-5,7,12,17H,6H2,1-2H3. The fourth-order valence-electron chi connectivity index (χ4n) is 1.84. The first-order valence-electron chi connectivity index (χ1n) is 5.65. The Balaban J connectivity index is 2.23. The van der Waals surface area contributed by atoms with Crippen LogP contribution in [0.25, 0.3) is 0 Å². The molecule has 1 aromatic heterocycles. The summed E-state index contributed by atoms with van der Waals surface area (Å²) in [5, 5.41) is 12.7. The van der Waals surface area contributed by atoms with Crippen LogP contribution in [-0.4, -0.2) is 5.11 Å². The number of benzene rings is 1. The summed E-state index contributed by atoms with van der Waals surface area (Å²) in [5.41, 5.74) is 2.75. The van der Waals surface area contributed by atoms with Crippen molar-refractivity contribution in [2.75, 3.05) is 0 Å². The van der Waals surface area contributed by atoms with Gasteiger partial charge in [-0.1, -0.05) is 17.7 Å². The number of halogens is 2. The van der Waals surface area contributed by atoms with Gasteiger partial charge in [-0.15, -0.1) is 11.3 Å². The van der Waals surface area contributed by atoms with Gasteiger partial charge in [-0.3, -0.25) is 0 Å². The first-order chi connectivity index (χ1) is 8.49. The fraction of sp³-hybridized carbons (Fsp3) is 0.286. The molecule has 0 saturated heterocycles. The summed E-state index contributed by atoms with van der Waals surface area (Å²) in [7, 11) is 0. The van der Waals surface area contributed by atoms with Gasteiger partial charge in [-0.05, 0) is 48.1 Å². The summed E-state index contributed by atoms with van der Waals surface area (Å²) >= 11 is 7.56. The summed E-state index contributed by atoms with van der Waals surface area (Å²) in [6, 6.07) is 4.61. The molecule has 2 aromatic rings. The smallest absolute Gasteiger partial charge is 0.123 e. The predicted molar refractivity (Wildman–Crippen MR) is 73.9 cm³/mol. The Morgan fingerprint density at radius 1 is 1.33 bits per heavy atom. The number of aryl methyl sites for hydroxylation is 2. The number of aliphatic hydroxyl groups excluding tert-OH is 1. The summed E-state index contributed by atoms with van der Waals surface area (Å²) < 4.78 is 13.2. The van der Waals surface area contributed by atoms with Gasteiger partial charge in [0.15, 0.2) is 0 Å². The zero-order valence-corrected chi connectivity index (χ0v) is 11.8. The van der Waals surface area contributed by atoms with E-state index in [1.807, 2.05) is 19.2 Å². The van der Waals surface area contributed by atoms with Gasteiger partial charge in [0, 0.05) is 6.42 Å². The SMILES string of the molecule is Cc1ccc(F)cc1CC(O)c1scc(C)c1Cl. The summed E-state index contributed by atoms with van der Waals surface area (Å²) in [4.78, 5) is 0.748. The molecule has 0 saturated carbocycles. The third kappa shape index (κ3) is 2.74. The molecule has 1 nitrogen and oxygen atoms in total. The van der Waals surface area contributed by atoms with Crippen molar-refractivity contribution in [2.24, 2.45) is 0 Å². The van der Waals surface area contributed by atoms with Crippen molar-refractivity contribution in [3.63, 3.8) is 0 Å². The topological polar surface area (TPSA) is 20.2 Å². The molecule has 1 heterocycles. The monoisotopic (exact) mass is 284 g/mol. The Kier molecular flexibility index (Phi) is 4.05. The molecule has 1 N–H and O–H groups in total. The van der Waals surface area contributed by atoms with Crippen LogP contribution in [0.3, 0.4) is 0 Å². The van der Waals surface area contributed by atoms with Crippen molar-refractivity contribution in [1.29, 1.82) is 0 Å². The lowest BCUT2D eigenvalue weighted by atomic mass is 10.0. The van der Waals surface area contributed by atoms with E-state index >= 15 is 0 Å². The highest BCUT2D eigenvalue weighted by molar-refractivity contribution is 7.10. The van der Waals surface area contributed by atoms with Crippen molar-refractivity contribution >= 4 is 22.9 Å². The van der Waals surface area contributed by atoms with Crippen LogP contribution in [0, 0.1) is 19.7 Å². The summed E-state index contributed by atoms with van der Waals surface area (Å²) in [5.74, 6) is -0.281. The molecule has 2 rings (SSSR count). The number of hydrogen-bond donors (Lipinski definition) is 1. The molecule has 0 amide bonds. The highest BCUT2D eigenvalue weighted by atomic mass is 35.5. The van der Waals surface area contributed by atoms with Crippen molar-refractivity contribution in [1.82, 2.24) is 0 Å². The Morgan fingerprint density at radius 3 is 2.67 bits per heavy atom. The van der Waals surface area contributed by atoms with Crippen LogP contribution in [0.15, 0.2) is 23.6 Å². The maximum atomic E-state index is 13.2. The maximum absolute atomic E-state index is 13.2. The van der Waals surface area contributed by atoms with Crippen molar-refractivity contribution in [3.8, 4) is 0 Å². The van der Waals surface area contributed by atoms with Gasteiger partial charge in [0.25, 0.3) is 0 Å². The van der Waals surface area contributed by atoms with E-state index in [9.17, 15) is 9.50 Å². The highest BCUT2D eigenvalue weighted by Gasteiger charge is 2.17. The zero-order chi connectivity index (χ0) is 13.3. The lowest BCUT2D eigenvalue weighted by Gasteiger charge is -2.12. The van der Waals surface area contributed by atoms with Crippen molar-refractivity contribution in [3.05, 3.63) is 56.0 Å². The van der Waals surface area contributed by atoms with Gasteiger partial charge in [-0.25, -0.2) is 4.39 Å². The van der Waals surface area contributed by atoms with Crippen LogP contribution < -0.4 is 0 Å². The molecule has 0 aliphatic rings. The minimum absolute atomic E-state index is 0.281. The molecule has 0 aliphatic carbocycles. The second kappa shape index (κ2) is 5.39. The van der Waals surface area contributed by atoms with E-state index in [-0.39, 0.29) is 5.82 Å². The number of hydrogen-bond acceptors (Lipinski definition) is 2. The summed E-state index contributed by atoms with van der Waals surface area (Å²) in [6.07, 6.45) is -0.305. The normalized spacial score (nSPS) is 12.7. The van der Waals surface area contributed by atoms with Crippen LogP contribution in [-0.2, 0) is 6.42 Å². The number of rotatable bonds is 3. The van der Waals surface area contributed by atoms with Crippen LogP contribution in [0.1, 0.15) is 27.7 Å². The lowest BCUT2D eigenvalue weighted by Crippen LogP contribution is -2.02. The van der Waals surface area contributed by atoms with Gasteiger partial charge in [0.2, 0.25) is 0 Å². The van der Waals surface area contributed by atoms with Crippen LogP contribution in [0.2, 0.25) is 5.02 Å². The minimum Gasteiger partial charge on any atom is -0.387 e. The molecule has 0 fully saturated rings. The Morgan fingerprint density at radius 2 is 2.06 bits per heavy atom. The molecule has 0 radical (unpaired) electrons. The van der Waals surface area contributed by atoms with Gasteiger partial charge in [0.1, 0.15) is 5.82 Å². The molecule has 1 aromatic carbocycles. The van der Waals surface area contributed by atoms with Crippen molar-refractivity contribution in [2.45, 2.75) is 26.4 Å². The largest absolute Gasteiger partial charge is 0.387 e. The van der Waals surface area contributed by atoms with E-state index < -0.39 is 6.10 Å². The Labute approximate surface area is 115 Å². The van der Waals surface area contributed by atoms with Crippen LogP contribution in [0.5, 0.6) is 0 Å². The Hall–Kier alpha value is -0.900. The average molecular weight is 285 g/mol.